The van der Waals surface area contributed by atoms with Gasteiger partial charge in [0.05, 0.1) is 50.4 Å². The van der Waals surface area contributed by atoms with E-state index < -0.39 is 0 Å². The van der Waals surface area contributed by atoms with Crippen LogP contribution in [0.3, 0.4) is 0 Å². The Morgan fingerprint density at radius 2 is 1.95 bits per heavy atom. The van der Waals surface area contributed by atoms with Gasteiger partial charge in [0.15, 0.2) is 0 Å². The Morgan fingerprint density at radius 1 is 1.11 bits per heavy atom. The van der Waals surface area contributed by atoms with Gasteiger partial charge in [-0.2, -0.15) is 0 Å². The lowest BCUT2D eigenvalue weighted by atomic mass is 9.93. The van der Waals surface area contributed by atoms with Crippen molar-refractivity contribution in [2.24, 2.45) is 9.98 Å². The molecule has 0 aromatic heterocycles. The SMILES string of the molecule is CO[C@H]1CC[C@H](/N=c2\cc3n(C4=CC=C(Cl)CC4)c4ccccc4nc-3cc2NC2=CN=CC(Br)C2)CC1. The molecule has 0 radical (unpaired) electrons. The number of nitrogens with one attached hydrogen (secondary N) is 1. The largest absolute Gasteiger partial charge is 0.381 e. The number of anilines is 1. The molecule has 0 bridgehead atoms. The summed E-state index contributed by atoms with van der Waals surface area (Å²) in [5.74, 6) is 0. The molecule has 1 aromatic rings. The van der Waals surface area contributed by atoms with Crippen molar-refractivity contribution in [2.75, 3.05) is 12.4 Å². The summed E-state index contributed by atoms with van der Waals surface area (Å²) in [6.45, 7) is 0. The van der Waals surface area contributed by atoms with Gasteiger partial charge in [-0.3, -0.25) is 9.98 Å². The first-order valence-electron chi connectivity index (χ1n) is 13.3. The second-order valence-electron chi connectivity index (χ2n) is 10.2. The van der Waals surface area contributed by atoms with Crippen LogP contribution >= 0.6 is 27.5 Å². The number of ether oxygens (including phenoxy) is 1. The predicted molar refractivity (Wildman–Crippen MR) is 160 cm³/mol. The van der Waals surface area contributed by atoms with Crippen molar-refractivity contribution in [1.82, 2.24) is 9.55 Å². The zero-order valence-electron chi connectivity index (χ0n) is 21.4. The number of alkyl halides is 1. The number of halogens is 2. The number of nitrogens with zero attached hydrogens (tertiary/aromatic N) is 4. The molecule has 3 aliphatic carbocycles. The van der Waals surface area contributed by atoms with Crippen LogP contribution in [-0.2, 0) is 4.74 Å². The van der Waals surface area contributed by atoms with Crippen molar-refractivity contribution >= 4 is 56.2 Å². The molecule has 2 heterocycles. The summed E-state index contributed by atoms with van der Waals surface area (Å²) in [6.07, 6.45) is 15.0. The Morgan fingerprint density at radius 3 is 2.71 bits per heavy atom. The van der Waals surface area contributed by atoms with Crippen LogP contribution in [0.4, 0.5) is 5.69 Å². The molecule has 1 atom stereocenters. The smallest absolute Gasteiger partial charge is 0.0900 e. The van der Waals surface area contributed by atoms with E-state index in [1.54, 1.807) is 0 Å². The molecule has 6 rings (SSSR count). The molecule has 1 N–H and O–H groups in total. The monoisotopic (exact) mass is 591 g/mol. The van der Waals surface area contributed by atoms with E-state index in [1.807, 2.05) is 31.7 Å². The minimum atomic E-state index is 0.211. The Labute approximate surface area is 236 Å². The van der Waals surface area contributed by atoms with Gasteiger partial charge in [0.1, 0.15) is 0 Å². The highest BCUT2D eigenvalue weighted by molar-refractivity contribution is 9.10. The normalized spacial score (nSPS) is 24.3. The summed E-state index contributed by atoms with van der Waals surface area (Å²) in [6, 6.07) is 12.9. The fourth-order valence-electron chi connectivity index (χ4n) is 5.55. The first kappa shape index (κ1) is 25.5. The molecule has 8 heteroatoms. The molecule has 0 saturated heterocycles. The number of allylic oxidation sites excluding steroid dienone is 5. The van der Waals surface area contributed by atoms with Crippen LogP contribution in [0.1, 0.15) is 44.9 Å². The fourth-order valence-corrected chi connectivity index (χ4v) is 6.19. The maximum atomic E-state index is 6.33. The predicted octanol–water partition coefficient (Wildman–Crippen LogP) is 7.25. The third-order valence-electron chi connectivity index (χ3n) is 7.55. The van der Waals surface area contributed by atoms with E-state index >= 15 is 0 Å². The highest BCUT2D eigenvalue weighted by Gasteiger charge is 2.23. The Balaban J connectivity index is 1.54. The van der Waals surface area contributed by atoms with E-state index in [-0.39, 0.29) is 10.9 Å². The fraction of sp³-hybridized carbons (Fsp3) is 0.367. The number of aliphatic imine (C=N–C) groups is 1. The first-order chi connectivity index (χ1) is 18.6. The summed E-state index contributed by atoms with van der Waals surface area (Å²) < 4.78 is 7.94. The van der Waals surface area contributed by atoms with Gasteiger partial charge in [0.25, 0.3) is 0 Å². The first-order valence-corrected chi connectivity index (χ1v) is 14.6. The lowest BCUT2D eigenvalue weighted by Crippen LogP contribution is -2.25. The lowest BCUT2D eigenvalue weighted by Gasteiger charge is -2.26. The van der Waals surface area contributed by atoms with Crippen molar-refractivity contribution in [3.63, 3.8) is 0 Å². The Bertz CT molecular complexity index is 1510. The number of para-hydroxylation sites is 2. The van der Waals surface area contributed by atoms with E-state index in [2.05, 4.69) is 67.2 Å². The van der Waals surface area contributed by atoms with Gasteiger partial charge in [-0.25, -0.2) is 4.98 Å². The average Bonchev–Trinajstić information content (AvgIpc) is 2.93. The molecule has 1 saturated carbocycles. The highest BCUT2D eigenvalue weighted by atomic mass is 79.9. The number of benzene rings is 2. The molecule has 0 spiro atoms. The van der Waals surface area contributed by atoms with E-state index in [4.69, 9.17) is 26.3 Å². The number of aromatic nitrogens is 2. The molecule has 38 heavy (non-hydrogen) atoms. The summed E-state index contributed by atoms with van der Waals surface area (Å²) in [5.41, 5.74) is 7.22. The van der Waals surface area contributed by atoms with Crippen LogP contribution in [-0.4, -0.2) is 39.8 Å². The number of rotatable bonds is 5. The van der Waals surface area contributed by atoms with Gasteiger partial charge < -0.3 is 14.6 Å². The minimum Gasteiger partial charge on any atom is -0.381 e. The summed E-state index contributed by atoms with van der Waals surface area (Å²) >= 11 is 10.0. The van der Waals surface area contributed by atoms with Gasteiger partial charge in [-0.1, -0.05) is 39.7 Å². The van der Waals surface area contributed by atoms with Crippen LogP contribution in [0.2, 0.25) is 0 Å². The maximum Gasteiger partial charge on any atom is 0.0900 e. The molecular formula is C30H31BrClN5O. The quantitative estimate of drug-likeness (QED) is 0.251. The van der Waals surface area contributed by atoms with Crippen LogP contribution in [0, 0.1) is 0 Å². The summed E-state index contributed by atoms with van der Waals surface area (Å²) in [4.78, 5) is 15.0. The van der Waals surface area contributed by atoms with Crippen LogP contribution in [0.15, 0.2) is 75.5 Å². The summed E-state index contributed by atoms with van der Waals surface area (Å²) in [7, 11) is 1.81. The molecule has 2 aliphatic heterocycles. The van der Waals surface area contributed by atoms with Gasteiger partial charge in [0.2, 0.25) is 0 Å². The second-order valence-corrected chi connectivity index (χ2v) is 11.8. The average molecular weight is 593 g/mol. The number of hydrogen-bond acceptors (Lipinski definition) is 5. The van der Waals surface area contributed by atoms with E-state index in [0.29, 0.717) is 6.10 Å². The molecule has 1 aromatic carbocycles. The third kappa shape index (κ3) is 5.37. The van der Waals surface area contributed by atoms with Crippen molar-refractivity contribution < 1.29 is 4.74 Å². The highest BCUT2D eigenvalue weighted by Crippen LogP contribution is 2.34. The van der Waals surface area contributed by atoms with Crippen molar-refractivity contribution in [2.45, 2.75) is 61.9 Å². The topological polar surface area (TPSA) is 63.8 Å². The molecule has 6 nitrogen and oxygen atoms in total. The third-order valence-corrected chi connectivity index (χ3v) is 8.42. The van der Waals surface area contributed by atoms with Gasteiger partial charge in [-0.05, 0) is 74.9 Å². The minimum absolute atomic E-state index is 0.211. The zero-order valence-corrected chi connectivity index (χ0v) is 23.8. The van der Waals surface area contributed by atoms with Crippen LogP contribution in [0.25, 0.3) is 28.1 Å². The molecule has 1 fully saturated rings. The standard InChI is InChI=1S/C30H31BrClN5O/c1-38-24-12-8-21(9-13-24)34-27-16-30-28(15-26(27)35-22-14-19(31)17-33-18-22)36-25-4-2-3-5-29(25)37(30)23-10-6-20(32)7-11-23/h2-6,10,15-19,21,24,35H,7-9,11-14H2,1H3/b34-27+/t19?,21-,24-. The van der Waals surface area contributed by atoms with Gasteiger partial charge in [0, 0.05) is 42.4 Å². The van der Waals surface area contributed by atoms with E-state index in [0.717, 1.165) is 89.1 Å². The van der Waals surface area contributed by atoms with E-state index in [9.17, 15) is 0 Å². The number of methoxy groups -OCH3 is 1. The summed E-state index contributed by atoms with van der Waals surface area (Å²) in [5, 5.41) is 5.49. The van der Waals surface area contributed by atoms with Crippen molar-refractivity contribution in [3.8, 4) is 11.4 Å². The molecule has 196 valence electrons. The molecular weight excluding hydrogens is 562 g/mol. The van der Waals surface area contributed by atoms with E-state index in [1.165, 1.54) is 5.70 Å². The lowest BCUT2D eigenvalue weighted by molar-refractivity contribution is 0.0663. The van der Waals surface area contributed by atoms with Crippen LogP contribution in [0.5, 0.6) is 0 Å². The molecule has 0 amide bonds. The second kappa shape index (κ2) is 11.2. The van der Waals surface area contributed by atoms with Crippen LogP contribution < -0.4 is 10.7 Å². The number of fused-ring (bicyclic) bond motifs is 2. The molecule has 1 unspecified atom stereocenters. The zero-order chi connectivity index (χ0) is 26.1. The Kier molecular flexibility index (Phi) is 7.50. The maximum absolute atomic E-state index is 6.33. The van der Waals surface area contributed by atoms with Gasteiger partial charge in [-0.15, -0.1) is 0 Å². The Hall–Kier alpha value is -2.74. The van der Waals surface area contributed by atoms with Gasteiger partial charge >= 0.3 is 0 Å². The molecule has 5 aliphatic rings. The van der Waals surface area contributed by atoms with Crippen molar-refractivity contribution in [3.05, 3.63) is 70.8 Å². The van der Waals surface area contributed by atoms with Crippen molar-refractivity contribution in [1.29, 1.82) is 0 Å². The number of hydrogen-bond donors (Lipinski definition) is 1.